The van der Waals surface area contributed by atoms with E-state index < -0.39 is 0 Å². The van der Waals surface area contributed by atoms with Crippen molar-refractivity contribution in [2.75, 3.05) is 19.5 Å². The number of methoxy groups -OCH3 is 1. The lowest BCUT2D eigenvalue weighted by Crippen LogP contribution is -2.00. The Morgan fingerprint density at radius 2 is 2.00 bits per heavy atom. The fourth-order valence-electron chi connectivity index (χ4n) is 2.03. The van der Waals surface area contributed by atoms with Crippen LogP contribution < -0.4 is 10.1 Å². The van der Waals surface area contributed by atoms with Crippen molar-refractivity contribution < 1.29 is 4.74 Å². The molecule has 0 saturated heterocycles. The van der Waals surface area contributed by atoms with E-state index in [1.165, 1.54) is 0 Å². The van der Waals surface area contributed by atoms with E-state index in [1.54, 1.807) is 17.7 Å². The van der Waals surface area contributed by atoms with Crippen molar-refractivity contribution in [3.63, 3.8) is 0 Å². The fourth-order valence-corrected chi connectivity index (χ4v) is 2.21. The Bertz CT molecular complexity index is 752. The molecule has 6 heteroatoms. The zero-order valence-corrected chi connectivity index (χ0v) is 11.8. The third kappa shape index (κ3) is 2.06. The lowest BCUT2D eigenvalue weighted by molar-refractivity contribution is 0.415. The molecule has 5 nitrogen and oxygen atoms in total. The number of fused-ring (bicyclic) bond motifs is 1. The van der Waals surface area contributed by atoms with Crippen LogP contribution in [0.15, 0.2) is 36.7 Å². The van der Waals surface area contributed by atoms with Gasteiger partial charge in [-0.05, 0) is 24.3 Å². The molecule has 0 spiro atoms. The molecule has 0 unspecified atom stereocenters. The number of nitrogens with one attached hydrogen (secondary N) is 1. The van der Waals surface area contributed by atoms with Gasteiger partial charge in [0, 0.05) is 18.8 Å². The van der Waals surface area contributed by atoms with Crippen molar-refractivity contribution >= 4 is 23.1 Å². The molecule has 0 fully saturated rings. The molecule has 2 aromatic heterocycles. The SMILES string of the molecule is CNc1nc(-c2ccc(OC)cc2)cn2c(Cl)cnc12. The Labute approximate surface area is 121 Å². The van der Waals surface area contributed by atoms with Crippen molar-refractivity contribution in [2.24, 2.45) is 0 Å². The molecule has 0 bridgehead atoms. The first-order valence-corrected chi connectivity index (χ1v) is 6.46. The number of anilines is 1. The van der Waals surface area contributed by atoms with Gasteiger partial charge in [-0.2, -0.15) is 0 Å². The van der Waals surface area contributed by atoms with Crippen LogP contribution in [0.3, 0.4) is 0 Å². The summed E-state index contributed by atoms with van der Waals surface area (Å²) in [6.07, 6.45) is 3.48. The van der Waals surface area contributed by atoms with Gasteiger partial charge in [0.15, 0.2) is 11.5 Å². The van der Waals surface area contributed by atoms with Gasteiger partial charge in [-0.25, -0.2) is 9.97 Å². The van der Waals surface area contributed by atoms with Crippen LogP contribution in [0.5, 0.6) is 5.75 Å². The minimum Gasteiger partial charge on any atom is -0.497 e. The largest absolute Gasteiger partial charge is 0.497 e. The first kappa shape index (κ1) is 12.7. The second-order valence-electron chi connectivity index (χ2n) is 4.23. The van der Waals surface area contributed by atoms with E-state index in [0.717, 1.165) is 17.0 Å². The molecule has 0 saturated carbocycles. The van der Waals surface area contributed by atoms with E-state index in [0.29, 0.717) is 16.6 Å². The maximum absolute atomic E-state index is 6.13. The Morgan fingerprint density at radius 1 is 1.25 bits per heavy atom. The van der Waals surface area contributed by atoms with Crippen molar-refractivity contribution in [2.45, 2.75) is 0 Å². The van der Waals surface area contributed by atoms with Crippen LogP contribution in [-0.4, -0.2) is 28.5 Å². The number of imidazole rings is 1. The molecular formula is C14H13ClN4O. The molecule has 0 aliphatic heterocycles. The maximum Gasteiger partial charge on any atom is 0.181 e. The van der Waals surface area contributed by atoms with Crippen LogP contribution in [-0.2, 0) is 0 Å². The quantitative estimate of drug-likeness (QED) is 0.804. The van der Waals surface area contributed by atoms with E-state index in [4.69, 9.17) is 16.3 Å². The van der Waals surface area contributed by atoms with E-state index in [1.807, 2.05) is 37.5 Å². The minimum absolute atomic E-state index is 0.550. The van der Waals surface area contributed by atoms with Gasteiger partial charge in [-0.1, -0.05) is 11.6 Å². The number of hydrogen-bond donors (Lipinski definition) is 1. The van der Waals surface area contributed by atoms with Gasteiger partial charge in [0.2, 0.25) is 0 Å². The van der Waals surface area contributed by atoms with E-state index in [-0.39, 0.29) is 0 Å². The maximum atomic E-state index is 6.13. The van der Waals surface area contributed by atoms with Gasteiger partial charge >= 0.3 is 0 Å². The van der Waals surface area contributed by atoms with Crippen LogP contribution in [0, 0.1) is 0 Å². The smallest absolute Gasteiger partial charge is 0.181 e. The van der Waals surface area contributed by atoms with Crippen LogP contribution in [0.4, 0.5) is 5.82 Å². The van der Waals surface area contributed by atoms with Crippen molar-refractivity contribution in [3.05, 3.63) is 41.8 Å². The molecule has 20 heavy (non-hydrogen) atoms. The molecule has 102 valence electrons. The Morgan fingerprint density at radius 3 is 2.65 bits per heavy atom. The van der Waals surface area contributed by atoms with Gasteiger partial charge in [0.05, 0.1) is 19.0 Å². The normalized spacial score (nSPS) is 10.8. The number of rotatable bonds is 3. The van der Waals surface area contributed by atoms with Crippen molar-refractivity contribution in [3.8, 4) is 17.0 Å². The van der Waals surface area contributed by atoms with Gasteiger partial charge in [0.1, 0.15) is 10.9 Å². The average Bonchev–Trinajstić information content (AvgIpc) is 2.88. The summed E-state index contributed by atoms with van der Waals surface area (Å²) in [5.74, 6) is 1.49. The first-order valence-electron chi connectivity index (χ1n) is 6.08. The number of benzene rings is 1. The lowest BCUT2D eigenvalue weighted by atomic mass is 10.1. The highest BCUT2D eigenvalue weighted by Gasteiger charge is 2.10. The van der Waals surface area contributed by atoms with Crippen molar-refractivity contribution in [1.82, 2.24) is 14.4 Å². The second-order valence-corrected chi connectivity index (χ2v) is 4.62. The minimum atomic E-state index is 0.550. The predicted molar refractivity (Wildman–Crippen MR) is 79.5 cm³/mol. The molecule has 0 aliphatic carbocycles. The Kier molecular flexibility index (Phi) is 3.20. The zero-order valence-electron chi connectivity index (χ0n) is 11.1. The zero-order chi connectivity index (χ0) is 14.1. The highest BCUT2D eigenvalue weighted by molar-refractivity contribution is 6.29. The number of aromatic nitrogens is 3. The summed E-state index contributed by atoms with van der Waals surface area (Å²) < 4.78 is 6.96. The van der Waals surface area contributed by atoms with E-state index in [2.05, 4.69) is 15.3 Å². The van der Waals surface area contributed by atoms with Crippen molar-refractivity contribution in [1.29, 1.82) is 0 Å². The summed E-state index contributed by atoms with van der Waals surface area (Å²) >= 11 is 6.13. The summed E-state index contributed by atoms with van der Waals surface area (Å²) in [4.78, 5) is 8.80. The molecule has 1 aromatic carbocycles. The van der Waals surface area contributed by atoms with Crippen LogP contribution in [0.2, 0.25) is 5.15 Å². The molecule has 1 N–H and O–H groups in total. The molecule has 3 aromatic rings. The highest BCUT2D eigenvalue weighted by Crippen LogP contribution is 2.25. The Hall–Kier alpha value is -2.27. The third-order valence-corrected chi connectivity index (χ3v) is 3.35. The predicted octanol–water partition coefficient (Wildman–Crippen LogP) is 3.10. The molecule has 0 atom stereocenters. The summed E-state index contributed by atoms with van der Waals surface area (Å²) in [6.45, 7) is 0. The van der Waals surface area contributed by atoms with Gasteiger partial charge in [-0.3, -0.25) is 4.40 Å². The summed E-state index contributed by atoms with van der Waals surface area (Å²) in [5, 5.41) is 3.59. The summed E-state index contributed by atoms with van der Waals surface area (Å²) in [6, 6.07) is 7.71. The van der Waals surface area contributed by atoms with E-state index >= 15 is 0 Å². The highest BCUT2D eigenvalue weighted by atomic mass is 35.5. The number of halogens is 1. The molecule has 2 heterocycles. The van der Waals surface area contributed by atoms with Crippen LogP contribution >= 0.6 is 11.6 Å². The Balaban J connectivity index is 2.17. The average molecular weight is 289 g/mol. The lowest BCUT2D eigenvalue weighted by Gasteiger charge is -2.08. The standard InChI is InChI=1S/C14H13ClN4O/c1-16-13-14-17-7-12(15)19(14)8-11(18-13)9-3-5-10(20-2)6-4-9/h3-8H,1-2H3,(H,16,18). The number of ether oxygens (including phenoxy) is 1. The fraction of sp³-hybridized carbons (Fsp3) is 0.143. The summed E-state index contributed by atoms with van der Waals surface area (Å²) in [5.41, 5.74) is 2.49. The van der Waals surface area contributed by atoms with E-state index in [9.17, 15) is 0 Å². The number of nitrogens with zero attached hydrogens (tertiary/aromatic N) is 3. The second kappa shape index (κ2) is 5.02. The first-order chi connectivity index (χ1) is 9.72. The van der Waals surface area contributed by atoms with Gasteiger partial charge in [0.25, 0.3) is 0 Å². The third-order valence-electron chi connectivity index (χ3n) is 3.07. The molecule has 0 aliphatic rings. The molecular weight excluding hydrogens is 276 g/mol. The number of hydrogen-bond acceptors (Lipinski definition) is 4. The van der Waals surface area contributed by atoms with Gasteiger partial charge < -0.3 is 10.1 Å². The topological polar surface area (TPSA) is 51.5 Å². The molecule has 3 rings (SSSR count). The molecule has 0 amide bonds. The van der Waals surface area contributed by atoms with Crippen LogP contribution in [0.25, 0.3) is 16.9 Å². The van der Waals surface area contributed by atoms with Crippen LogP contribution in [0.1, 0.15) is 0 Å². The van der Waals surface area contributed by atoms with Gasteiger partial charge in [-0.15, -0.1) is 0 Å². The monoisotopic (exact) mass is 288 g/mol. The molecule has 0 radical (unpaired) electrons. The summed E-state index contributed by atoms with van der Waals surface area (Å²) in [7, 11) is 3.45.